The van der Waals surface area contributed by atoms with E-state index in [-0.39, 0.29) is 5.82 Å². The fraction of sp³-hybridized carbons (Fsp3) is 0.286. The molecule has 1 aliphatic carbocycles. The lowest BCUT2D eigenvalue weighted by Gasteiger charge is -2.09. The summed E-state index contributed by atoms with van der Waals surface area (Å²) in [5.41, 5.74) is 2.55. The lowest BCUT2D eigenvalue weighted by Crippen LogP contribution is -1.99. The van der Waals surface area contributed by atoms with Crippen LogP contribution in [0, 0.1) is 12.7 Å². The lowest BCUT2D eigenvalue weighted by molar-refractivity contribution is 0.627. The van der Waals surface area contributed by atoms with E-state index in [0.29, 0.717) is 22.5 Å². The normalized spacial score (nSPS) is 14.7. The van der Waals surface area contributed by atoms with Crippen LogP contribution in [-0.4, -0.2) is 9.97 Å². The molecule has 0 bridgehead atoms. The molecule has 1 fully saturated rings. The van der Waals surface area contributed by atoms with E-state index < -0.39 is 0 Å². The van der Waals surface area contributed by atoms with Gasteiger partial charge in [0, 0.05) is 11.5 Å². The number of hydrogen-bond donors (Lipinski definition) is 0. The Hall–Kier alpha value is -1.00. The van der Waals surface area contributed by atoms with Crippen molar-refractivity contribution in [3.63, 3.8) is 0 Å². The second-order valence-electron chi connectivity index (χ2n) is 4.77. The number of aromatic nitrogens is 2. The Morgan fingerprint density at radius 3 is 2.74 bits per heavy atom. The summed E-state index contributed by atoms with van der Waals surface area (Å²) < 4.78 is 14.1. The molecule has 2 nitrogen and oxygen atoms in total. The van der Waals surface area contributed by atoms with Gasteiger partial charge in [0.2, 0.25) is 0 Å². The van der Waals surface area contributed by atoms with E-state index in [1.807, 2.05) is 6.92 Å². The SMILES string of the molecule is Cc1ccc(F)cc1-c1nc(Cl)c(Br)c(C2CC2)n1. The Bertz CT molecular complexity index is 656. The van der Waals surface area contributed by atoms with Crippen molar-refractivity contribution in [1.29, 1.82) is 0 Å². The third-order valence-corrected chi connectivity index (χ3v) is 4.52. The molecule has 19 heavy (non-hydrogen) atoms. The van der Waals surface area contributed by atoms with Crippen molar-refractivity contribution in [3.05, 3.63) is 44.9 Å². The standard InChI is InChI=1S/C14H11BrClFN2/c1-7-2-5-9(17)6-10(7)14-18-12(8-3-4-8)11(15)13(16)19-14/h2,5-6,8H,3-4H2,1H3. The minimum atomic E-state index is -0.295. The molecule has 5 heteroatoms. The Labute approximate surface area is 124 Å². The Morgan fingerprint density at radius 1 is 1.32 bits per heavy atom. The first kappa shape index (κ1) is 13.0. The first-order chi connectivity index (χ1) is 9.06. The van der Waals surface area contributed by atoms with Crippen LogP contribution in [0.15, 0.2) is 22.7 Å². The van der Waals surface area contributed by atoms with E-state index in [9.17, 15) is 4.39 Å². The third-order valence-electron chi connectivity index (χ3n) is 3.24. The van der Waals surface area contributed by atoms with E-state index in [1.165, 1.54) is 12.1 Å². The summed E-state index contributed by atoms with van der Waals surface area (Å²) >= 11 is 9.57. The van der Waals surface area contributed by atoms with Gasteiger partial charge in [-0.05, 0) is 53.4 Å². The zero-order valence-electron chi connectivity index (χ0n) is 10.3. The molecule has 0 atom stereocenters. The third kappa shape index (κ3) is 2.51. The monoisotopic (exact) mass is 340 g/mol. The average molecular weight is 342 g/mol. The number of nitrogens with zero attached hydrogens (tertiary/aromatic N) is 2. The predicted molar refractivity (Wildman–Crippen MR) is 76.8 cm³/mol. The van der Waals surface area contributed by atoms with Gasteiger partial charge in [-0.25, -0.2) is 14.4 Å². The molecule has 0 saturated heterocycles. The number of halogens is 3. The highest BCUT2D eigenvalue weighted by Crippen LogP contribution is 2.44. The van der Waals surface area contributed by atoms with E-state index in [4.69, 9.17) is 11.6 Å². The van der Waals surface area contributed by atoms with Crippen LogP contribution in [0.1, 0.15) is 30.0 Å². The van der Waals surface area contributed by atoms with Crippen molar-refractivity contribution in [2.24, 2.45) is 0 Å². The molecule has 0 radical (unpaired) electrons. The Kier molecular flexibility index (Phi) is 3.31. The molecule has 1 aromatic carbocycles. The van der Waals surface area contributed by atoms with Crippen molar-refractivity contribution in [2.75, 3.05) is 0 Å². The van der Waals surface area contributed by atoms with Crippen molar-refractivity contribution >= 4 is 27.5 Å². The maximum atomic E-state index is 13.4. The molecule has 1 saturated carbocycles. The minimum absolute atomic E-state index is 0.295. The van der Waals surface area contributed by atoms with Gasteiger partial charge in [-0.3, -0.25) is 0 Å². The number of hydrogen-bond acceptors (Lipinski definition) is 2. The fourth-order valence-corrected chi connectivity index (χ4v) is 2.70. The number of rotatable bonds is 2. The molecule has 0 aliphatic heterocycles. The van der Waals surface area contributed by atoms with E-state index in [0.717, 1.165) is 28.6 Å². The molecular formula is C14H11BrClFN2. The Balaban J connectivity index is 2.17. The van der Waals surface area contributed by atoms with Crippen LogP contribution in [0.3, 0.4) is 0 Å². The van der Waals surface area contributed by atoms with Crippen molar-refractivity contribution in [1.82, 2.24) is 9.97 Å². The predicted octanol–water partition coefficient (Wildman–Crippen LogP) is 4.88. The zero-order valence-corrected chi connectivity index (χ0v) is 12.6. The topological polar surface area (TPSA) is 25.8 Å². The summed E-state index contributed by atoms with van der Waals surface area (Å²) in [5, 5.41) is 0.385. The maximum Gasteiger partial charge on any atom is 0.161 e. The van der Waals surface area contributed by atoms with Crippen LogP contribution >= 0.6 is 27.5 Å². The van der Waals surface area contributed by atoms with Crippen LogP contribution in [0.4, 0.5) is 4.39 Å². The van der Waals surface area contributed by atoms with Gasteiger partial charge < -0.3 is 0 Å². The van der Waals surface area contributed by atoms with Crippen LogP contribution in [0.5, 0.6) is 0 Å². The van der Waals surface area contributed by atoms with Gasteiger partial charge in [0.15, 0.2) is 5.82 Å². The molecular weight excluding hydrogens is 331 g/mol. The second kappa shape index (κ2) is 4.84. The van der Waals surface area contributed by atoms with Crippen LogP contribution in [0.2, 0.25) is 5.15 Å². The number of benzene rings is 1. The molecule has 2 aromatic rings. The molecule has 1 aliphatic rings. The average Bonchev–Trinajstić information content (AvgIpc) is 3.20. The maximum absolute atomic E-state index is 13.4. The fourth-order valence-electron chi connectivity index (χ4n) is 2.02. The summed E-state index contributed by atoms with van der Waals surface area (Å²) in [7, 11) is 0. The van der Waals surface area contributed by atoms with Gasteiger partial charge in [0.1, 0.15) is 11.0 Å². The zero-order chi connectivity index (χ0) is 13.6. The second-order valence-corrected chi connectivity index (χ2v) is 5.92. The van der Waals surface area contributed by atoms with Gasteiger partial charge in [0.05, 0.1) is 10.2 Å². The summed E-state index contributed by atoms with van der Waals surface area (Å²) in [6.07, 6.45) is 2.24. The molecule has 98 valence electrons. The molecule has 1 heterocycles. The molecule has 1 aromatic heterocycles. The molecule has 0 amide bonds. The lowest BCUT2D eigenvalue weighted by atomic mass is 10.1. The molecule has 3 rings (SSSR count). The summed E-state index contributed by atoms with van der Waals surface area (Å²) in [6.45, 7) is 1.91. The van der Waals surface area contributed by atoms with Crippen LogP contribution in [-0.2, 0) is 0 Å². The quantitative estimate of drug-likeness (QED) is 0.727. The first-order valence-electron chi connectivity index (χ1n) is 6.05. The number of aryl methyl sites for hydroxylation is 1. The highest BCUT2D eigenvalue weighted by Gasteiger charge is 2.29. The van der Waals surface area contributed by atoms with Crippen LogP contribution < -0.4 is 0 Å². The van der Waals surface area contributed by atoms with Gasteiger partial charge in [-0.15, -0.1) is 0 Å². The summed E-state index contributed by atoms with van der Waals surface area (Å²) in [4.78, 5) is 8.81. The first-order valence-corrected chi connectivity index (χ1v) is 7.23. The highest BCUT2D eigenvalue weighted by atomic mass is 79.9. The molecule has 0 N–H and O–H groups in total. The van der Waals surface area contributed by atoms with Gasteiger partial charge in [-0.2, -0.15) is 0 Å². The smallest absolute Gasteiger partial charge is 0.161 e. The van der Waals surface area contributed by atoms with Crippen molar-refractivity contribution in [3.8, 4) is 11.4 Å². The highest BCUT2D eigenvalue weighted by molar-refractivity contribution is 9.10. The summed E-state index contributed by atoms with van der Waals surface area (Å²) in [6, 6.07) is 4.60. The summed E-state index contributed by atoms with van der Waals surface area (Å²) in [5.74, 6) is 0.644. The van der Waals surface area contributed by atoms with Gasteiger partial charge in [0.25, 0.3) is 0 Å². The van der Waals surface area contributed by atoms with Crippen molar-refractivity contribution < 1.29 is 4.39 Å². The molecule has 0 spiro atoms. The van der Waals surface area contributed by atoms with E-state index in [2.05, 4.69) is 25.9 Å². The van der Waals surface area contributed by atoms with Gasteiger partial charge in [-0.1, -0.05) is 17.7 Å². The Morgan fingerprint density at radius 2 is 2.05 bits per heavy atom. The molecule has 0 unspecified atom stereocenters. The van der Waals surface area contributed by atoms with Gasteiger partial charge >= 0.3 is 0 Å². The minimum Gasteiger partial charge on any atom is -0.231 e. The largest absolute Gasteiger partial charge is 0.231 e. The van der Waals surface area contributed by atoms with Crippen LogP contribution in [0.25, 0.3) is 11.4 Å². The van der Waals surface area contributed by atoms with E-state index >= 15 is 0 Å². The van der Waals surface area contributed by atoms with E-state index in [1.54, 1.807) is 6.07 Å². The van der Waals surface area contributed by atoms with Crippen molar-refractivity contribution in [2.45, 2.75) is 25.7 Å².